The van der Waals surface area contributed by atoms with Gasteiger partial charge in [-0.25, -0.2) is 0 Å². The van der Waals surface area contributed by atoms with Crippen LogP contribution in [0, 0.1) is 11.3 Å². The van der Waals surface area contributed by atoms with E-state index in [9.17, 15) is 0 Å². The molecule has 2 aliphatic carbocycles. The molecule has 2 saturated carbocycles. The maximum atomic E-state index is 6.33. The van der Waals surface area contributed by atoms with Crippen LogP contribution in [-0.4, -0.2) is 30.6 Å². The largest absolute Gasteiger partial charge is 0.326 e. The van der Waals surface area contributed by atoms with Crippen molar-refractivity contribution in [1.29, 1.82) is 0 Å². The average molecular weight is 238 g/mol. The Morgan fingerprint density at radius 2 is 1.82 bits per heavy atom. The molecule has 2 heteroatoms. The molecule has 2 N–H and O–H groups in total. The average Bonchev–Trinajstić information content (AvgIpc) is 2.74. The van der Waals surface area contributed by atoms with Crippen LogP contribution < -0.4 is 5.73 Å². The highest BCUT2D eigenvalue weighted by Crippen LogP contribution is 2.37. The van der Waals surface area contributed by atoms with Gasteiger partial charge in [-0.15, -0.1) is 0 Å². The summed E-state index contributed by atoms with van der Waals surface area (Å²) < 4.78 is 0. The normalized spacial score (nSPS) is 34.4. The molecule has 0 radical (unpaired) electrons. The summed E-state index contributed by atoms with van der Waals surface area (Å²) >= 11 is 0. The Labute approximate surface area is 107 Å². The van der Waals surface area contributed by atoms with E-state index < -0.39 is 0 Å². The number of likely N-dealkylation sites (N-methyl/N-ethyl adjacent to an activating group) is 1. The van der Waals surface area contributed by atoms with Crippen molar-refractivity contribution in [2.45, 2.75) is 70.9 Å². The third kappa shape index (κ3) is 3.45. The van der Waals surface area contributed by atoms with E-state index in [1.807, 2.05) is 0 Å². The molecule has 0 heterocycles. The Kier molecular flexibility index (Phi) is 4.14. The molecule has 2 aliphatic rings. The quantitative estimate of drug-likeness (QED) is 0.819. The van der Waals surface area contributed by atoms with Crippen LogP contribution in [-0.2, 0) is 0 Å². The van der Waals surface area contributed by atoms with Crippen LogP contribution in [0.25, 0.3) is 0 Å². The van der Waals surface area contributed by atoms with Gasteiger partial charge < -0.3 is 10.6 Å². The van der Waals surface area contributed by atoms with Crippen LogP contribution in [0.15, 0.2) is 0 Å². The van der Waals surface area contributed by atoms with E-state index in [0.29, 0.717) is 17.5 Å². The first kappa shape index (κ1) is 13.4. The summed E-state index contributed by atoms with van der Waals surface area (Å²) in [5.74, 6) is 0.942. The molecule has 2 atom stereocenters. The number of nitrogens with two attached hydrogens (primary N) is 1. The van der Waals surface area contributed by atoms with E-state index in [-0.39, 0.29) is 0 Å². The molecule has 0 spiro atoms. The van der Waals surface area contributed by atoms with Crippen LogP contribution in [0.5, 0.6) is 0 Å². The zero-order chi connectivity index (χ0) is 12.5. The molecular weight excluding hydrogens is 208 g/mol. The van der Waals surface area contributed by atoms with E-state index in [2.05, 4.69) is 25.8 Å². The van der Waals surface area contributed by atoms with E-state index in [4.69, 9.17) is 5.73 Å². The number of hydrogen-bond acceptors (Lipinski definition) is 2. The lowest BCUT2D eigenvalue weighted by atomic mass is 9.72. The minimum absolute atomic E-state index is 0.398. The van der Waals surface area contributed by atoms with Crippen LogP contribution in [0.1, 0.15) is 58.8 Å². The summed E-state index contributed by atoms with van der Waals surface area (Å²) in [5.41, 5.74) is 6.82. The Hall–Kier alpha value is -0.0800. The SMILES string of the molecule is CN(CC1CCCC1)C1CC(C)(C)CCC1N. The Bertz CT molecular complexity index is 243. The van der Waals surface area contributed by atoms with Crippen LogP contribution in [0.4, 0.5) is 0 Å². The van der Waals surface area contributed by atoms with Crippen molar-refractivity contribution in [2.24, 2.45) is 17.1 Å². The molecule has 2 unspecified atom stereocenters. The fourth-order valence-electron chi connectivity index (χ4n) is 3.79. The van der Waals surface area contributed by atoms with Crippen molar-refractivity contribution >= 4 is 0 Å². The zero-order valence-electron chi connectivity index (χ0n) is 11.9. The Morgan fingerprint density at radius 3 is 2.47 bits per heavy atom. The summed E-state index contributed by atoms with van der Waals surface area (Å²) in [4.78, 5) is 2.57. The van der Waals surface area contributed by atoms with Gasteiger partial charge in [0.15, 0.2) is 0 Å². The standard InChI is InChI=1S/C15H30N2/c1-15(2)9-8-13(16)14(10-15)17(3)11-12-6-4-5-7-12/h12-14H,4-11,16H2,1-3H3. The second-order valence-corrected chi connectivity index (χ2v) is 7.23. The summed E-state index contributed by atoms with van der Waals surface area (Å²) in [6.07, 6.45) is 9.54. The molecule has 17 heavy (non-hydrogen) atoms. The number of nitrogens with zero attached hydrogens (tertiary/aromatic N) is 1. The van der Waals surface area contributed by atoms with Gasteiger partial charge in [-0.05, 0) is 50.5 Å². The van der Waals surface area contributed by atoms with E-state index >= 15 is 0 Å². The second-order valence-electron chi connectivity index (χ2n) is 7.23. The predicted molar refractivity (Wildman–Crippen MR) is 74.0 cm³/mol. The van der Waals surface area contributed by atoms with Gasteiger partial charge in [0.25, 0.3) is 0 Å². The Morgan fingerprint density at radius 1 is 1.18 bits per heavy atom. The van der Waals surface area contributed by atoms with Crippen molar-refractivity contribution in [1.82, 2.24) is 4.90 Å². The zero-order valence-corrected chi connectivity index (χ0v) is 11.9. The monoisotopic (exact) mass is 238 g/mol. The molecular formula is C15H30N2. The van der Waals surface area contributed by atoms with Crippen molar-refractivity contribution in [2.75, 3.05) is 13.6 Å². The van der Waals surface area contributed by atoms with E-state index in [1.165, 1.54) is 51.5 Å². The van der Waals surface area contributed by atoms with Crippen molar-refractivity contribution in [3.8, 4) is 0 Å². The number of rotatable bonds is 3. The lowest BCUT2D eigenvalue weighted by molar-refractivity contribution is 0.0857. The molecule has 0 amide bonds. The fraction of sp³-hybridized carbons (Fsp3) is 1.00. The second kappa shape index (κ2) is 5.27. The van der Waals surface area contributed by atoms with Gasteiger partial charge in [0.1, 0.15) is 0 Å². The molecule has 2 fully saturated rings. The molecule has 100 valence electrons. The summed E-state index contributed by atoms with van der Waals surface area (Å²) in [6, 6.07) is 1.01. The maximum Gasteiger partial charge on any atom is 0.0249 e. The molecule has 0 aromatic rings. The molecule has 0 saturated heterocycles. The Balaban J connectivity index is 1.89. The van der Waals surface area contributed by atoms with Crippen molar-refractivity contribution in [3.63, 3.8) is 0 Å². The minimum atomic E-state index is 0.398. The molecule has 0 aliphatic heterocycles. The van der Waals surface area contributed by atoms with E-state index in [0.717, 1.165) is 5.92 Å². The number of hydrogen-bond donors (Lipinski definition) is 1. The third-order valence-corrected chi connectivity index (χ3v) is 5.00. The highest BCUT2D eigenvalue weighted by Gasteiger charge is 2.35. The third-order valence-electron chi connectivity index (χ3n) is 5.00. The van der Waals surface area contributed by atoms with Gasteiger partial charge in [-0.1, -0.05) is 26.7 Å². The van der Waals surface area contributed by atoms with Gasteiger partial charge in [-0.3, -0.25) is 0 Å². The topological polar surface area (TPSA) is 29.3 Å². The van der Waals surface area contributed by atoms with Gasteiger partial charge >= 0.3 is 0 Å². The molecule has 0 bridgehead atoms. The first-order valence-corrected chi connectivity index (χ1v) is 7.44. The summed E-state index contributed by atoms with van der Waals surface area (Å²) in [5, 5.41) is 0. The lowest BCUT2D eigenvalue weighted by Gasteiger charge is -2.44. The highest BCUT2D eigenvalue weighted by molar-refractivity contribution is 4.92. The van der Waals surface area contributed by atoms with Crippen LogP contribution in [0.2, 0.25) is 0 Å². The predicted octanol–water partition coefficient (Wildman–Crippen LogP) is 3.01. The summed E-state index contributed by atoms with van der Waals surface area (Å²) in [7, 11) is 2.30. The fourth-order valence-corrected chi connectivity index (χ4v) is 3.79. The van der Waals surface area contributed by atoms with Crippen LogP contribution in [0.3, 0.4) is 0 Å². The maximum absolute atomic E-state index is 6.33. The molecule has 0 aromatic heterocycles. The minimum Gasteiger partial charge on any atom is -0.326 e. The first-order valence-electron chi connectivity index (χ1n) is 7.44. The van der Waals surface area contributed by atoms with Gasteiger partial charge in [0.05, 0.1) is 0 Å². The van der Waals surface area contributed by atoms with Crippen molar-refractivity contribution < 1.29 is 0 Å². The van der Waals surface area contributed by atoms with Gasteiger partial charge in [0.2, 0.25) is 0 Å². The molecule has 2 rings (SSSR count). The van der Waals surface area contributed by atoms with Gasteiger partial charge in [0, 0.05) is 18.6 Å². The molecule has 0 aromatic carbocycles. The van der Waals surface area contributed by atoms with Gasteiger partial charge in [-0.2, -0.15) is 0 Å². The lowest BCUT2D eigenvalue weighted by Crippen LogP contribution is -2.52. The smallest absolute Gasteiger partial charge is 0.0249 e. The van der Waals surface area contributed by atoms with Crippen LogP contribution >= 0.6 is 0 Å². The molecule has 2 nitrogen and oxygen atoms in total. The van der Waals surface area contributed by atoms with Crippen molar-refractivity contribution in [3.05, 3.63) is 0 Å². The first-order chi connectivity index (χ1) is 7.98. The summed E-state index contributed by atoms with van der Waals surface area (Å²) in [6.45, 7) is 6.07. The highest BCUT2D eigenvalue weighted by atomic mass is 15.2. The van der Waals surface area contributed by atoms with E-state index in [1.54, 1.807) is 0 Å².